The van der Waals surface area contributed by atoms with Gasteiger partial charge in [0.25, 0.3) is 0 Å². The van der Waals surface area contributed by atoms with Gasteiger partial charge >= 0.3 is 0 Å². The van der Waals surface area contributed by atoms with Gasteiger partial charge in [0.1, 0.15) is 11.6 Å². The third kappa shape index (κ3) is 5.01. The number of nitrogens with zero attached hydrogens (tertiary/aromatic N) is 1. The van der Waals surface area contributed by atoms with Crippen molar-refractivity contribution in [2.45, 2.75) is 33.1 Å². The van der Waals surface area contributed by atoms with Crippen LogP contribution in [0.25, 0.3) is 0 Å². The van der Waals surface area contributed by atoms with Crippen molar-refractivity contribution in [3.8, 4) is 0 Å². The lowest BCUT2D eigenvalue weighted by atomic mass is 10.1. The van der Waals surface area contributed by atoms with Crippen molar-refractivity contribution in [3.05, 3.63) is 18.2 Å². The predicted octanol–water partition coefficient (Wildman–Crippen LogP) is 3.36. The molecule has 90 valence electrons. The molecular formula is C13H23N3. The molecule has 1 rings (SSSR count). The van der Waals surface area contributed by atoms with Crippen LogP contribution in [0.3, 0.4) is 0 Å². The first-order chi connectivity index (χ1) is 7.72. The van der Waals surface area contributed by atoms with Crippen LogP contribution in [0.2, 0.25) is 0 Å². The molecule has 0 saturated heterocycles. The van der Waals surface area contributed by atoms with Crippen LogP contribution in [-0.2, 0) is 0 Å². The van der Waals surface area contributed by atoms with E-state index in [-0.39, 0.29) is 0 Å². The summed E-state index contributed by atoms with van der Waals surface area (Å²) >= 11 is 0. The Balaban J connectivity index is 2.21. The van der Waals surface area contributed by atoms with E-state index in [0.717, 1.165) is 24.1 Å². The zero-order chi connectivity index (χ0) is 11.8. The van der Waals surface area contributed by atoms with Gasteiger partial charge < -0.3 is 10.6 Å². The zero-order valence-electron chi connectivity index (χ0n) is 10.6. The van der Waals surface area contributed by atoms with Crippen LogP contribution >= 0.6 is 0 Å². The summed E-state index contributed by atoms with van der Waals surface area (Å²) < 4.78 is 0. The second-order valence-corrected chi connectivity index (χ2v) is 4.47. The van der Waals surface area contributed by atoms with Gasteiger partial charge in [-0.25, -0.2) is 4.98 Å². The van der Waals surface area contributed by atoms with E-state index < -0.39 is 0 Å². The number of unbranched alkanes of at least 4 members (excludes halogenated alkanes) is 1. The fraction of sp³-hybridized carbons (Fsp3) is 0.615. The van der Waals surface area contributed by atoms with Gasteiger partial charge in [-0.15, -0.1) is 0 Å². The molecule has 0 aliphatic carbocycles. The molecule has 2 N–H and O–H groups in total. The molecule has 0 spiro atoms. The van der Waals surface area contributed by atoms with Crippen LogP contribution in [0.15, 0.2) is 18.2 Å². The van der Waals surface area contributed by atoms with Crippen molar-refractivity contribution in [1.29, 1.82) is 0 Å². The maximum Gasteiger partial charge on any atom is 0.128 e. The molecule has 16 heavy (non-hydrogen) atoms. The Hall–Kier alpha value is -1.25. The second kappa shape index (κ2) is 7.09. The highest BCUT2D eigenvalue weighted by Gasteiger charge is 1.96. The van der Waals surface area contributed by atoms with Crippen LogP contribution in [0.4, 0.5) is 11.6 Å². The first-order valence-corrected chi connectivity index (χ1v) is 6.11. The van der Waals surface area contributed by atoms with E-state index in [0.29, 0.717) is 0 Å². The monoisotopic (exact) mass is 221 g/mol. The minimum Gasteiger partial charge on any atom is -0.373 e. The number of hydrogen-bond donors (Lipinski definition) is 2. The van der Waals surface area contributed by atoms with Gasteiger partial charge in [-0.1, -0.05) is 32.8 Å². The smallest absolute Gasteiger partial charge is 0.128 e. The average Bonchev–Trinajstić information content (AvgIpc) is 2.28. The summed E-state index contributed by atoms with van der Waals surface area (Å²) in [5.74, 6) is 2.68. The van der Waals surface area contributed by atoms with E-state index in [1.807, 2.05) is 25.2 Å². The van der Waals surface area contributed by atoms with Crippen LogP contribution in [-0.4, -0.2) is 18.6 Å². The quantitative estimate of drug-likeness (QED) is 0.693. The largest absolute Gasteiger partial charge is 0.373 e. The van der Waals surface area contributed by atoms with Crippen molar-refractivity contribution < 1.29 is 0 Å². The maximum absolute atomic E-state index is 4.40. The number of nitrogens with one attached hydrogen (secondary N) is 2. The molecule has 0 bridgehead atoms. The first-order valence-electron chi connectivity index (χ1n) is 6.11. The van der Waals surface area contributed by atoms with Crippen molar-refractivity contribution in [2.75, 3.05) is 24.2 Å². The molecule has 0 aromatic carbocycles. The summed E-state index contributed by atoms with van der Waals surface area (Å²) in [6.45, 7) is 5.55. The molecular weight excluding hydrogens is 198 g/mol. The average molecular weight is 221 g/mol. The van der Waals surface area contributed by atoms with Gasteiger partial charge in [0.15, 0.2) is 0 Å². The molecule has 1 aromatic heterocycles. The Bertz CT molecular complexity index is 297. The van der Waals surface area contributed by atoms with E-state index in [9.17, 15) is 0 Å². The fourth-order valence-electron chi connectivity index (χ4n) is 1.57. The van der Waals surface area contributed by atoms with Gasteiger partial charge in [-0.05, 0) is 24.5 Å². The Kier molecular flexibility index (Phi) is 5.68. The van der Waals surface area contributed by atoms with Gasteiger partial charge in [-0.3, -0.25) is 0 Å². The Labute approximate surface area is 98.7 Å². The van der Waals surface area contributed by atoms with E-state index in [4.69, 9.17) is 0 Å². The van der Waals surface area contributed by atoms with E-state index in [2.05, 4.69) is 29.5 Å². The molecule has 3 nitrogen and oxygen atoms in total. The molecule has 0 atom stereocenters. The van der Waals surface area contributed by atoms with E-state index in [1.54, 1.807) is 0 Å². The van der Waals surface area contributed by atoms with Gasteiger partial charge in [0.05, 0.1) is 0 Å². The van der Waals surface area contributed by atoms with Crippen LogP contribution in [0.1, 0.15) is 33.1 Å². The molecule has 0 saturated carbocycles. The van der Waals surface area contributed by atoms with Crippen molar-refractivity contribution in [2.24, 2.45) is 5.92 Å². The molecule has 1 aromatic rings. The molecule has 1 heterocycles. The summed E-state index contributed by atoms with van der Waals surface area (Å²) in [5, 5.41) is 6.37. The van der Waals surface area contributed by atoms with Crippen molar-refractivity contribution in [3.63, 3.8) is 0 Å². The number of anilines is 2. The summed E-state index contributed by atoms with van der Waals surface area (Å²) in [6.07, 6.45) is 3.81. The third-order valence-corrected chi connectivity index (χ3v) is 2.52. The molecule has 0 fully saturated rings. The topological polar surface area (TPSA) is 37.0 Å². The maximum atomic E-state index is 4.40. The molecule has 0 amide bonds. The lowest BCUT2D eigenvalue weighted by molar-refractivity contribution is 0.544. The summed E-state index contributed by atoms with van der Waals surface area (Å²) in [6, 6.07) is 5.97. The summed E-state index contributed by atoms with van der Waals surface area (Å²) in [4.78, 5) is 4.40. The Morgan fingerprint density at radius 3 is 2.62 bits per heavy atom. The van der Waals surface area contributed by atoms with Crippen LogP contribution in [0, 0.1) is 5.92 Å². The standard InChI is InChI=1S/C13H23N3/c1-11(2)7-4-5-10-15-13-9-6-8-12(14-3)16-13/h6,8-9,11H,4-5,7,10H2,1-3H3,(H2,14,15,16). The molecule has 0 aliphatic heterocycles. The molecule has 0 unspecified atom stereocenters. The van der Waals surface area contributed by atoms with Crippen LogP contribution in [0.5, 0.6) is 0 Å². The predicted molar refractivity (Wildman–Crippen MR) is 71.0 cm³/mol. The third-order valence-electron chi connectivity index (χ3n) is 2.52. The van der Waals surface area contributed by atoms with E-state index in [1.165, 1.54) is 19.3 Å². The highest BCUT2D eigenvalue weighted by molar-refractivity contribution is 5.44. The lowest BCUT2D eigenvalue weighted by Crippen LogP contribution is -2.04. The number of aromatic nitrogens is 1. The summed E-state index contributed by atoms with van der Waals surface area (Å²) in [5.41, 5.74) is 0. The SMILES string of the molecule is CNc1cccc(NCCCCC(C)C)n1. The minimum atomic E-state index is 0.811. The zero-order valence-corrected chi connectivity index (χ0v) is 10.6. The second-order valence-electron chi connectivity index (χ2n) is 4.47. The Morgan fingerprint density at radius 2 is 1.94 bits per heavy atom. The summed E-state index contributed by atoms with van der Waals surface area (Å²) in [7, 11) is 1.88. The van der Waals surface area contributed by atoms with Crippen molar-refractivity contribution >= 4 is 11.6 Å². The van der Waals surface area contributed by atoms with Crippen molar-refractivity contribution in [1.82, 2.24) is 4.98 Å². The molecule has 0 radical (unpaired) electrons. The van der Waals surface area contributed by atoms with Crippen LogP contribution < -0.4 is 10.6 Å². The number of rotatable bonds is 7. The fourth-order valence-corrected chi connectivity index (χ4v) is 1.57. The van der Waals surface area contributed by atoms with Gasteiger partial charge in [-0.2, -0.15) is 0 Å². The van der Waals surface area contributed by atoms with Gasteiger partial charge in [0.2, 0.25) is 0 Å². The molecule has 0 aliphatic rings. The Morgan fingerprint density at radius 1 is 1.19 bits per heavy atom. The highest BCUT2D eigenvalue weighted by Crippen LogP contribution is 2.09. The minimum absolute atomic E-state index is 0.811. The normalized spacial score (nSPS) is 10.5. The first kappa shape index (κ1) is 12.8. The lowest BCUT2D eigenvalue weighted by Gasteiger charge is -2.08. The van der Waals surface area contributed by atoms with Gasteiger partial charge in [0, 0.05) is 13.6 Å². The number of hydrogen-bond acceptors (Lipinski definition) is 3. The van der Waals surface area contributed by atoms with E-state index >= 15 is 0 Å². The molecule has 3 heteroatoms. The number of pyridine rings is 1. The highest BCUT2D eigenvalue weighted by atomic mass is 15.0.